The van der Waals surface area contributed by atoms with Gasteiger partial charge in [-0.2, -0.15) is 8.42 Å². The number of hydrogen-bond donors (Lipinski definition) is 2. The van der Waals surface area contributed by atoms with Crippen LogP contribution in [0.3, 0.4) is 0 Å². The van der Waals surface area contributed by atoms with Gasteiger partial charge in [-0.1, -0.05) is 18.6 Å². The van der Waals surface area contributed by atoms with Crippen LogP contribution in [0.25, 0.3) is 0 Å². The fourth-order valence-electron chi connectivity index (χ4n) is 2.76. The number of likely N-dealkylation sites (tertiary alicyclic amines) is 1. The smallest absolute Gasteiger partial charge is 0.318 e. The van der Waals surface area contributed by atoms with Crippen molar-refractivity contribution in [1.29, 1.82) is 0 Å². The molecule has 7 nitrogen and oxygen atoms in total. The first kappa shape index (κ1) is 21.7. The Hall–Kier alpha value is -1.35. The quantitative estimate of drug-likeness (QED) is 0.399. The number of ether oxygens (including phenoxy) is 1. The Morgan fingerprint density at radius 1 is 1.24 bits per heavy atom. The van der Waals surface area contributed by atoms with Crippen LogP contribution in [-0.4, -0.2) is 38.8 Å². The summed E-state index contributed by atoms with van der Waals surface area (Å²) in [6, 6.07) is 8.07. The number of piperidine rings is 1. The summed E-state index contributed by atoms with van der Waals surface area (Å²) < 4.78 is 30.5. The lowest BCUT2D eigenvalue weighted by Crippen LogP contribution is -2.29. The van der Waals surface area contributed by atoms with E-state index in [9.17, 15) is 8.42 Å². The zero-order valence-electron chi connectivity index (χ0n) is 14.3. The van der Waals surface area contributed by atoms with E-state index in [1.54, 1.807) is 0 Å². The molecule has 4 N–H and O–H groups in total. The van der Waals surface area contributed by atoms with Gasteiger partial charge in [0.15, 0.2) is 0 Å². The van der Waals surface area contributed by atoms with E-state index in [1.807, 2.05) is 12.1 Å². The van der Waals surface area contributed by atoms with Gasteiger partial charge in [-0.05, 0) is 50.0 Å². The van der Waals surface area contributed by atoms with Crippen LogP contribution in [-0.2, 0) is 16.8 Å². The normalized spacial score (nSPS) is 16.3. The molecule has 0 aliphatic carbocycles. The number of rotatable bonds is 8. The molecule has 1 aliphatic heterocycles. The standard InChI is InChI=1S/C16H26N4O3S.ClH/c17-16(19-24(18,21)22)8-5-11-23-15-7-4-6-14(12-15)13-20-9-2-1-3-10-20;/h4,6-7,12H,1-3,5,8-11,13H2,(H2,17,19)(H2,18,21,22);1H. The molecule has 0 spiro atoms. The van der Waals surface area contributed by atoms with E-state index in [1.165, 1.54) is 24.8 Å². The van der Waals surface area contributed by atoms with Crippen LogP contribution in [0.5, 0.6) is 5.75 Å². The Balaban J connectivity index is 0.00000312. The van der Waals surface area contributed by atoms with Gasteiger partial charge in [0, 0.05) is 13.0 Å². The monoisotopic (exact) mass is 390 g/mol. The highest BCUT2D eigenvalue weighted by Gasteiger charge is 2.10. The Kier molecular flexibility index (Phi) is 9.20. The van der Waals surface area contributed by atoms with Crippen LogP contribution in [0.4, 0.5) is 0 Å². The Bertz CT molecular complexity index is 661. The first-order chi connectivity index (χ1) is 11.4. The molecule has 0 unspecified atom stereocenters. The van der Waals surface area contributed by atoms with Crippen molar-refractivity contribution in [2.45, 2.75) is 38.6 Å². The summed E-state index contributed by atoms with van der Waals surface area (Å²) in [6.07, 6.45) is 4.78. The summed E-state index contributed by atoms with van der Waals surface area (Å²) in [4.78, 5) is 2.47. The highest BCUT2D eigenvalue weighted by molar-refractivity contribution is 7.88. The molecule has 2 rings (SSSR count). The molecule has 0 saturated carbocycles. The number of amidine groups is 1. The van der Waals surface area contributed by atoms with Crippen molar-refractivity contribution < 1.29 is 13.2 Å². The predicted molar refractivity (Wildman–Crippen MR) is 102 cm³/mol. The van der Waals surface area contributed by atoms with Gasteiger partial charge in [0.1, 0.15) is 11.6 Å². The lowest BCUT2D eigenvalue weighted by Gasteiger charge is -2.26. The number of halogens is 1. The minimum atomic E-state index is -3.91. The van der Waals surface area contributed by atoms with Crippen LogP contribution in [0.15, 0.2) is 28.7 Å². The number of benzene rings is 1. The highest BCUT2D eigenvalue weighted by atomic mass is 35.5. The summed E-state index contributed by atoms with van der Waals surface area (Å²) in [7, 11) is -3.91. The zero-order chi connectivity index (χ0) is 17.4. The summed E-state index contributed by atoms with van der Waals surface area (Å²) in [6.45, 7) is 3.71. The fraction of sp³-hybridized carbons (Fsp3) is 0.562. The number of hydrogen-bond acceptors (Lipinski definition) is 4. The van der Waals surface area contributed by atoms with E-state index in [0.29, 0.717) is 19.4 Å². The lowest BCUT2D eigenvalue weighted by molar-refractivity contribution is 0.220. The Labute approximate surface area is 156 Å². The average Bonchev–Trinajstić information content (AvgIpc) is 2.51. The molecule has 1 heterocycles. The third kappa shape index (κ3) is 9.06. The van der Waals surface area contributed by atoms with Crippen LogP contribution in [0.1, 0.15) is 37.7 Å². The maximum absolute atomic E-state index is 10.8. The van der Waals surface area contributed by atoms with Crippen LogP contribution in [0.2, 0.25) is 0 Å². The van der Waals surface area contributed by atoms with Gasteiger partial charge in [0.05, 0.1) is 6.61 Å². The summed E-state index contributed by atoms with van der Waals surface area (Å²) in [5, 5.41) is 4.79. The van der Waals surface area contributed by atoms with Crippen LogP contribution >= 0.6 is 12.4 Å². The summed E-state index contributed by atoms with van der Waals surface area (Å²) in [5.41, 5.74) is 6.74. The van der Waals surface area contributed by atoms with E-state index in [2.05, 4.69) is 21.4 Å². The van der Waals surface area contributed by atoms with E-state index in [4.69, 9.17) is 15.6 Å². The topological polar surface area (TPSA) is 111 Å². The second-order valence-electron chi connectivity index (χ2n) is 6.03. The van der Waals surface area contributed by atoms with Crippen molar-refractivity contribution in [1.82, 2.24) is 4.90 Å². The van der Waals surface area contributed by atoms with Crippen molar-refractivity contribution in [3.8, 4) is 5.75 Å². The first-order valence-corrected chi connectivity index (χ1v) is 9.74. The van der Waals surface area contributed by atoms with Gasteiger partial charge in [-0.25, -0.2) is 5.14 Å². The predicted octanol–water partition coefficient (Wildman–Crippen LogP) is 1.81. The largest absolute Gasteiger partial charge is 0.494 e. The molecular weight excluding hydrogens is 364 g/mol. The third-order valence-electron chi connectivity index (χ3n) is 3.84. The molecule has 0 radical (unpaired) electrons. The van der Waals surface area contributed by atoms with E-state index in [-0.39, 0.29) is 18.2 Å². The lowest BCUT2D eigenvalue weighted by atomic mass is 10.1. The Morgan fingerprint density at radius 2 is 1.96 bits per heavy atom. The molecule has 1 fully saturated rings. The third-order valence-corrected chi connectivity index (χ3v) is 4.33. The number of nitrogens with zero attached hydrogens (tertiary/aromatic N) is 2. The van der Waals surface area contributed by atoms with Crippen molar-refractivity contribution in [3.05, 3.63) is 29.8 Å². The minimum absolute atomic E-state index is 0. The maximum atomic E-state index is 10.8. The number of nitrogens with two attached hydrogens (primary N) is 2. The summed E-state index contributed by atoms with van der Waals surface area (Å²) >= 11 is 0. The molecule has 142 valence electrons. The van der Waals surface area contributed by atoms with Gasteiger partial charge >= 0.3 is 10.2 Å². The summed E-state index contributed by atoms with van der Waals surface area (Å²) in [5.74, 6) is 0.811. The minimum Gasteiger partial charge on any atom is -0.494 e. The van der Waals surface area contributed by atoms with Crippen molar-refractivity contribution in [3.63, 3.8) is 0 Å². The van der Waals surface area contributed by atoms with E-state index < -0.39 is 10.2 Å². The van der Waals surface area contributed by atoms with E-state index in [0.717, 1.165) is 25.4 Å². The molecule has 0 bridgehead atoms. The molecule has 25 heavy (non-hydrogen) atoms. The molecular formula is C16H27ClN4O3S. The fourth-order valence-corrected chi connectivity index (χ4v) is 3.18. The van der Waals surface area contributed by atoms with Gasteiger partial charge in [-0.15, -0.1) is 16.8 Å². The molecule has 1 aromatic carbocycles. The molecule has 1 saturated heterocycles. The van der Waals surface area contributed by atoms with Crippen molar-refractivity contribution in [2.75, 3.05) is 19.7 Å². The second-order valence-corrected chi connectivity index (χ2v) is 7.25. The average molecular weight is 391 g/mol. The van der Waals surface area contributed by atoms with Gasteiger partial charge in [0.2, 0.25) is 0 Å². The van der Waals surface area contributed by atoms with Gasteiger partial charge in [-0.3, -0.25) is 4.90 Å². The highest BCUT2D eigenvalue weighted by Crippen LogP contribution is 2.17. The second kappa shape index (κ2) is 10.6. The van der Waals surface area contributed by atoms with E-state index >= 15 is 0 Å². The first-order valence-electron chi connectivity index (χ1n) is 8.23. The SMILES string of the molecule is Cl.NC(CCCOc1cccc(CN2CCCCC2)c1)=NS(N)(=O)=O. The maximum Gasteiger partial charge on any atom is 0.318 e. The Morgan fingerprint density at radius 3 is 2.64 bits per heavy atom. The zero-order valence-corrected chi connectivity index (χ0v) is 15.9. The van der Waals surface area contributed by atoms with Gasteiger partial charge in [0.25, 0.3) is 0 Å². The molecule has 9 heteroatoms. The molecule has 0 amide bonds. The van der Waals surface area contributed by atoms with Crippen LogP contribution < -0.4 is 15.6 Å². The molecule has 0 aromatic heterocycles. The van der Waals surface area contributed by atoms with Crippen molar-refractivity contribution >= 4 is 28.5 Å². The van der Waals surface area contributed by atoms with Crippen molar-refractivity contribution in [2.24, 2.45) is 15.3 Å². The van der Waals surface area contributed by atoms with Gasteiger partial charge < -0.3 is 10.5 Å². The molecule has 0 atom stereocenters. The van der Waals surface area contributed by atoms with Crippen LogP contribution in [0, 0.1) is 0 Å². The molecule has 1 aromatic rings. The molecule has 1 aliphatic rings.